The number of nitrogens with one attached hydrogen (secondary N) is 1. The molecule has 1 aliphatic rings. The van der Waals surface area contributed by atoms with E-state index in [1.165, 1.54) is 18.4 Å². The van der Waals surface area contributed by atoms with Crippen LogP contribution in [0.25, 0.3) is 0 Å². The van der Waals surface area contributed by atoms with E-state index in [4.69, 9.17) is 0 Å². The van der Waals surface area contributed by atoms with Crippen LogP contribution >= 0.6 is 0 Å². The monoisotopic (exact) mass is 191 g/mol. The van der Waals surface area contributed by atoms with Gasteiger partial charge in [0.2, 0.25) is 5.95 Å². The fraction of sp³-hybridized carbons (Fsp3) is 0.636. The summed E-state index contributed by atoms with van der Waals surface area (Å²) in [7, 11) is 0. The van der Waals surface area contributed by atoms with Crippen LogP contribution in [0.1, 0.15) is 32.3 Å². The molecular weight excluding hydrogens is 174 g/mol. The van der Waals surface area contributed by atoms with Crippen molar-refractivity contribution in [2.45, 2.75) is 39.2 Å². The summed E-state index contributed by atoms with van der Waals surface area (Å²) in [5.74, 6) is 1.45. The van der Waals surface area contributed by atoms with Gasteiger partial charge in [-0.3, -0.25) is 0 Å². The van der Waals surface area contributed by atoms with Crippen molar-refractivity contribution in [3.05, 3.63) is 18.0 Å². The highest BCUT2D eigenvalue weighted by Crippen LogP contribution is 2.22. The number of aromatic nitrogens is 2. The number of rotatable bonds is 4. The lowest BCUT2D eigenvalue weighted by atomic mass is 10.1. The molecule has 1 N–H and O–H groups in total. The molecule has 0 aliphatic heterocycles. The van der Waals surface area contributed by atoms with Crippen LogP contribution in [0.2, 0.25) is 0 Å². The molecule has 0 amide bonds. The van der Waals surface area contributed by atoms with Gasteiger partial charge in [-0.05, 0) is 30.7 Å². The number of hydrogen-bond donors (Lipinski definition) is 1. The quantitative estimate of drug-likeness (QED) is 0.793. The van der Waals surface area contributed by atoms with Crippen LogP contribution in [0.3, 0.4) is 0 Å². The molecule has 3 nitrogen and oxygen atoms in total. The van der Waals surface area contributed by atoms with E-state index < -0.39 is 0 Å². The molecule has 3 heteroatoms. The Balaban J connectivity index is 1.94. The third-order valence-electron chi connectivity index (χ3n) is 2.26. The lowest BCUT2D eigenvalue weighted by Crippen LogP contribution is -2.06. The molecule has 1 fully saturated rings. The summed E-state index contributed by atoms with van der Waals surface area (Å²) >= 11 is 0. The first kappa shape index (κ1) is 9.44. The Bertz CT molecular complexity index is 265. The Kier molecular flexibility index (Phi) is 2.66. The van der Waals surface area contributed by atoms with Crippen LogP contribution in [0.15, 0.2) is 12.4 Å². The summed E-state index contributed by atoms with van der Waals surface area (Å²) in [6.45, 7) is 4.41. The first-order valence-corrected chi connectivity index (χ1v) is 5.31. The summed E-state index contributed by atoms with van der Waals surface area (Å²) in [5, 5.41) is 3.27. The molecule has 1 saturated carbocycles. The maximum atomic E-state index is 4.29. The zero-order valence-corrected chi connectivity index (χ0v) is 8.83. The van der Waals surface area contributed by atoms with Gasteiger partial charge in [0, 0.05) is 18.4 Å². The van der Waals surface area contributed by atoms with Crippen LogP contribution in [-0.4, -0.2) is 16.0 Å². The smallest absolute Gasteiger partial charge is 0.222 e. The van der Waals surface area contributed by atoms with Crippen LogP contribution in [0, 0.1) is 5.92 Å². The molecule has 1 aromatic heterocycles. The maximum absolute atomic E-state index is 4.29. The van der Waals surface area contributed by atoms with Crippen molar-refractivity contribution in [3.63, 3.8) is 0 Å². The molecule has 0 saturated heterocycles. The summed E-state index contributed by atoms with van der Waals surface area (Å²) in [6.07, 6.45) is 7.44. The third kappa shape index (κ3) is 2.69. The molecule has 0 atom stereocenters. The van der Waals surface area contributed by atoms with Gasteiger partial charge in [0.05, 0.1) is 0 Å². The predicted octanol–water partition coefficient (Wildman–Crippen LogP) is 2.25. The lowest BCUT2D eigenvalue weighted by molar-refractivity contribution is 0.643. The zero-order chi connectivity index (χ0) is 9.97. The second-order valence-corrected chi connectivity index (χ2v) is 4.43. The van der Waals surface area contributed by atoms with Crippen LogP contribution in [0.4, 0.5) is 5.95 Å². The highest BCUT2D eigenvalue weighted by Gasteiger charge is 2.21. The SMILES string of the molecule is CC(C)Cc1cnc(NC2CC2)nc1. The van der Waals surface area contributed by atoms with Gasteiger partial charge in [0.15, 0.2) is 0 Å². The fourth-order valence-electron chi connectivity index (χ4n) is 1.42. The molecule has 1 heterocycles. The average molecular weight is 191 g/mol. The van der Waals surface area contributed by atoms with Crippen molar-refractivity contribution < 1.29 is 0 Å². The predicted molar refractivity (Wildman–Crippen MR) is 57.2 cm³/mol. The second-order valence-electron chi connectivity index (χ2n) is 4.43. The van der Waals surface area contributed by atoms with Gasteiger partial charge < -0.3 is 5.32 Å². The Morgan fingerprint density at radius 1 is 1.36 bits per heavy atom. The van der Waals surface area contributed by atoms with E-state index in [0.717, 1.165) is 12.4 Å². The first-order valence-electron chi connectivity index (χ1n) is 5.31. The Morgan fingerprint density at radius 3 is 2.50 bits per heavy atom. The minimum absolute atomic E-state index is 0.631. The summed E-state index contributed by atoms with van der Waals surface area (Å²) in [4.78, 5) is 8.58. The fourth-order valence-corrected chi connectivity index (χ4v) is 1.42. The molecule has 1 aromatic rings. The van der Waals surface area contributed by atoms with Gasteiger partial charge in [0.25, 0.3) is 0 Å². The summed E-state index contributed by atoms with van der Waals surface area (Å²) in [5.41, 5.74) is 1.22. The molecule has 1 aliphatic carbocycles. The van der Waals surface area contributed by atoms with Crippen molar-refractivity contribution in [3.8, 4) is 0 Å². The summed E-state index contributed by atoms with van der Waals surface area (Å²) < 4.78 is 0. The number of hydrogen-bond acceptors (Lipinski definition) is 3. The highest BCUT2D eigenvalue weighted by atomic mass is 15.1. The van der Waals surface area contributed by atoms with E-state index in [2.05, 4.69) is 29.1 Å². The van der Waals surface area contributed by atoms with Gasteiger partial charge in [-0.15, -0.1) is 0 Å². The van der Waals surface area contributed by atoms with Gasteiger partial charge in [-0.25, -0.2) is 9.97 Å². The third-order valence-corrected chi connectivity index (χ3v) is 2.26. The van der Waals surface area contributed by atoms with Crippen molar-refractivity contribution >= 4 is 5.95 Å². The second kappa shape index (κ2) is 3.95. The summed E-state index contributed by atoms with van der Waals surface area (Å²) in [6, 6.07) is 0.631. The average Bonchev–Trinajstić information content (AvgIpc) is 2.91. The van der Waals surface area contributed by atoms with E-state index >= 15 is 0 Å². The van der Waals surface area contributed by atoms with Gasteiger partial charge in [-0.1, -0.05) is 13.8 Å². The maximum Gasteiger partial charge on any atom is 0.222 e. The Hall–Kier alpha value is -1.12. The Morgan fingerprint density at radius 2 is 2.00 bits per heavy atom. The number of nitrogens with zero attached hydrogens (tertiary/aromatic N) is 2. The minimum atomic E-state index is 0.631. The van der Waals surface area contributed by atoms with E-state index in [-0.39, 0.29) is 0 Å². The number of anilines is 1. The van der Waals surface area contributed by atoms with E-state index in [9.17, 15) is 0 Å². The van der Waals surface area contributed by atoms with Crippen LogP contribution < -0.4 is 5.32 Å². The normalized spacial score (nSPS) is 15.9. The first-order chi connectivity index (χ1) is 6.74. The molecule has 0 spiro atoms. The largest absolute Gasteiger partial charge is 0.351 e. The van der Waals surface area contributed by atoms with Crippen molar-refractivity contribution in [2.75, 3.05) is 5.32 Å². The molecule has 0 aromatic carbocycles. The van der Waals surface area contributed by atoms with Crippen molar-refractivity contribution in [1.82, 2.24) is 9.97 Å². The Labute approximate surface area is 85.0 Å². The molecular formula is C11H17N3. The highest BCUT2D eigenvalue weighted by molar-refractivity contribution is 5.28. The molecule has 76 valence electrons. The van der Waals surface area contributed by atoms with Gasteiger partial charge >= 0.3 is 0 Å². The lowest BCUT2D eigenvalue weighted by Gasteiger charge is -2.05. The van der Waals surface area contributed by atoms with Gasteiger partial charge in [0.1, 0.15) is 0 Å². The van der Waals surface area contributed by atoms with E-state index in [1.54, 1.807) is 0 Å². The van der Waals surface area contributed by atoms with Crippen LogP contribution in [0.5, 0.6) is 0 Å². The molecule has 0 bridgehead atoms. The molecule has 0 radical (unpaired) electrons. The molecule has 14 heavy (non-hydrogen) atoms. The van der Waals surface area contributed by atoms with E-state index in [0.29, 0.717) is 12.0 Å². The van der Waals surface area contributed by atoms with Crippen molar-refractivity contribution in [2.24, 2.45) is 5.92 Å². The van der Waals surface area contributed by atoms with E-state index in [1.807, 2.05) is 12.4 Å². The topological polar surface area (TPSA) is 37.8 Å². The van der Waals surface area contributed by atoms with Gasteiger partial charge in [-0.2, -0.15) is 0 Å². The standard InChI is InChI=1S/C11H17N3/c1-8(2)5-9-6-12-11(13-7-9)14-10-3-4-10/h6-8,10H,3-5H2,1-2H3,(H,12,13,14). The molecule has 2 rings (SSSR count). The zero-order valence-electron chi connectivity index (χ0n) is 8.83. The molecule has 0 unspecified atom stereocenters. The van der Waals surface area contributed by atoms with Crippen molar-refractivity contribution in [1.29, 1.82) is 0 Å². The minimum Gasteiger partial charge on any atom is -0.351 e. The van der Waals surface area contributed by atoms with Crippen LogP contribution in [-0.2, 0) is 6.42 Å².